The Bertz CT molecular complexity index is 332. The van der Waals surface area contributed by atoms with Crippen molar-refractivity contribution in [3.05, 3.63) is 35.9 Å². The van der Waals surface area contributed by atoms with E-state index < -0.39 is 5.54 Å². The van der Waals surface area contributed by atoms with Gasteiger partial charge in [-0.15, -0.1) is 0 Å². The van der Waals surface area contributed by atoms with E-state index in [4.69, 9.17) is 15.9 Å². The summed E-state index contributed by atoms with van der Waals surface area (Å²) in [6.07, 6.45) is 0. The number of aliphatic hydroxyl groups excluding tert-OH is 2. The lowest BCUT2D eigenvalue weighted by atomic mass is 10.1. The Labute approximate surface area is 116 Å². The van der Waals surface area contributed by atoms with Crippen molar-refractivity contribution < 1.29 is 10.2 Å². The Balaban J connectivity index is 0.000000459. The molecule has 4 heteroatoms. The van der Waals surface area contributed by atoms with Gasteiger partial charge >= 0.3 is 0 Å². The van der Waals surface area contributed by atoms with Gasteiger partial charge in [-0.25, -0.2) is 0 Å². The van der Waals surface area contributed by atoms with Crippen LogP contribution in [0.3, 0.4) is 0 Å². The van der Waals surface area contributed by atoms with Crippen LogP contribution in [0.2, 0.25) is 0 Å². The molecule has 4 nitrogen and oxygen atoms in total. The minimum absolute atomic E-state index is 0.0486. The van der Waals surface area contributed by atoms with Crippen LogP contribution in [-0.4, -0.2) is 34.5 Å². The highest BCUT2D eigenvalue weighted by Crippen LogP contribution is 2.03. The first-order valence-electron chi connectivity index (χ1n) is 6.50. The van der Waals surface area contributed by atoms with E-state index in [0.29, 0.717) is 0 Å². The number of hydrogen-bond donors (Lipinski definition) is 4. The van der Waals surface area contributed by atoms with Crippen molar-refractivity contribution in [2.24, 2.45) is 5.73 Å². The first kappa shape index (κ1) is 18.1. The SMILES string of the molecule is CC(C)(CO)NCc1ccccc1.CC(C)(N)CO. The molecule has 19 heavy (non-hydrogen) atoms. The number of rotatable bonds is 5. The Morgan fingerprint density at radius 3 is 1.84 bits per heavy atom. The van der Waals surface area contributed by atoms with Crippen molar-refractivity contribution in [2.75, 3.05) is 13.2 Å². The third kappa shape index (κ3) is 10.7. The second-order valence-electron chi connectivity index (χ2n) is 6.03. The van der Waals surface area contributed by atoms with Gasteiger partial charge in [-0.3, -0.25) is 0 Å². The zero-order valence-electron chi connectivity index (χ0n) is 12.5. The van der Waals surface area contributed by atoms with Crippen LogP contribution in [0.25, 0.3) is 0 Å². The van der Waals surface area contributed by atoms with Crippen LogP contribution >= 0.6 is 0 Å². The van der Waals surface area contributed by atoms with Gasteiger partial charge in [0.25, 0.3) is 0 Å². The zero-order valence-corrected chi connectivity index (χ0v) is 12.5. The average molecular weight is 268 g/mol. The molecule has 0 fully saturated rings. The van der Waals surface area contributed by atoms with E-state index >= 15 is 0 Å². The summed E-state index contributed by atoms with van der Waals surface area (Å²) in [4.78, 5) is 0. The van der Waals surface area contributed by atoms with Gasteiger partial charge in [0.1, 0.15) is 0 Å². The minimum Gasteiger partial charge on any atom is -0.394 e. The molecule has 0 saturated carbocycles. The molecule has 1 aromatic carbocycles. The predicted molar refractivity (Wildman–Crippen MR) is 79.8 cm³/mol. The molecular formula is C15H28N2O2. The molecule has 0 unspecified atom stereocenters. The van der Waals surface area contributed by atoms with Gasteiger partial charge in [-0.05, 0) is 33.3 Å². The normalized spacial score (nSPS) is 11.7. The van der Waals surface area contributed by atoms with Gasteiger partial charge in [0, 0.05) is 17.6 Å². The quantitative estimate of drug-likeness (QED) is 0.648. The maximum Gasteiger partial charge on any atom is 0.0607 e. The molecule has 0 amide bonds. The summed E-state index contributed by atoms with van der Waals surface area (Å²) >= 11 is 0. The number of nitrogens with one attached hydrogen (secondary N) is 1. The van der Waals surface area contributed by atoms with Gasteiger partial charge in [-0.2, -0.15) is 0 Å². The lowest BCUT2D eigenvalue weighted by Crippen LogP contribution is -2.42. The first-order valence-corrected chi connectivity index (χ1v) is 6.50. The van der Waals surface area contributed by atoms with E-state index in [1.54, 1.807) is 13.8 Å². The molecular weight excluding hydrogens is 240 g/mol. The summed E-state index contributed by atoms with van der Waals surface area (Å²) in [6.45, 7) is 8.51. The van der Waals surface area contributed by atoms with Gasteiger partial charge in [0.15, 0.2) is 0 Å². The van der Waals surface area contributed by atoms with Crippen LogP contribution in [0.1, 0.15) is 33.3 Å². The molecule has 0 bridgehead atoms. The molecule has 0 aliphatic rings. The average Bonchev–Trinajstić information content (AvgIpc) is 2.38. The molecule has 0 radical (unpaired) electrons. The van der Waals surface area contributed by atoms with E-state index in [1.807, 2.05) is 32.0 Å². The van der Waals surface area contributed by atoms with E-state index in [-0.39, 0.29) is 18.8 Å². The van der Waals surface area contributed by atoms with Crippen molar-refractivity contribution in [1.29, 1.82) is 0 Å². The summed E-state index contributed by atoms with van der Waals surface area (Å²) in [5.74, 6) is 0. The van der Waals surface area contributed by atoms with Crippen LogP contribution in [-0.2, 0) is 6.54 Å². The molecule has 5 N–H and O–H groups in total. The van der Waals surface area contributed by atoms with Crippen LogP contribution in [0.5, 0.6) is 0 Å². The Morgan fingerprint density at radius 2 is 1.47 bits per heavy atom. The third-order valence-corrected chi connectivity index (χ3v) is 2.42. The highest BCUT2D eigenvalue weighted by Gasteiger charge is 2.14. The fourth-order valence-corrected chi connectivity index (χ4v) is 0.993. The molecule has 0 heterocycles. The highest BCUT2D eigenvalue weighted by molar-refractivity contribution is 5.14. The maximum absolute atomic E-state index is 9.01. The summed E-state index contributed by atoms with van der Waals surface area (Å²) in [7, 11) is 0. The summed E-state index contributed by atoms with van der Waals surface area (Å²) in [5, 5.41) is 20.6. The van der Waals surface area contributed by atoms with Crippen molar-refractivity contribution in [2.45, 2.75) is 45.3 Å². The Kier molecular flexibility index (Phi) is 7.87. The van der Waals surface area contributed by atoms with Gasteiger partial charge in [0.05, 0.1) is 13.2 Å². The molecule has 0 aliphatic carbocycles. The highest BCUT2D eigenvalue weighted by atomic mass is 16.3. The van der Waals surface area contributed by atoms with Crippen molar-refractivity contribution in [3.63, 3.8) is 0 Å². The summed E-state index contributed by atoms with van der Waals surface area (Å²) in [5.41, 5.74) is 5.92. The van der Waals surface area contributed by atoms with E-state index in [9.17, 15) is 0 Å². The smallest absolute Gasteiger partial charge is 0.0607 e. The largest absolute Gasteiger partial charge is 0.394 e. The van der Waals surface area contributed by atoms with Crippen LogP contribution in [0, 0.1) is 0 Å². The standard InChI is InChI=1S/C11H17NO.C4H11NO/c1-11(2,9-13)12-8-10-6-4-3-5-7-10;1-4(2,5)3-6/h3-7,12-13H,8-9H2,1-2H3;6H,3,5H2,1-2H3. The fraction of sp³-hybridized carbons (Fsp3) is 0.600. The van der Waals surface area contributed by atoms with Gasteiger partial charge in [0.2, 0.25) is 0 Å². The van der Waals surface area contributed by atoms with Crippen molar-refractivity contribution in [3.8, 4) is 0 Å². The number of aliphatic hydroxyl groups is 2. The minimum atomic E-state index is -0.403. The second kappa shape index (κ2) is 8.27. The first-order chi connectivity index (χ1) is 8.70. The summed E-state index contributed by atoms with van der Waals surface area (Å²) < 4.78 is 0. The third-order valence-electron chi connectivity index (χ3n) is 2.42. The molecule has 1 rings (SSSR count). The molecule has 1 aromatic rings. The Morgan fingerprint density at radius 1 is 1.00 bits per heavy atom. The molecule has 0 saturated heterocycles. The monoisotopic (exact) mass is 268 g/mol. The van der Waals surface area contributed by atoms with E-state index in [2.05, 4.69) is 17.4 Å². The number of hydrogen-bond acceptors (Lipinski definition) is 4. The lowest BCUT2D eigenvalue weighted by molar-refractivity contribution is 0.187. The summed E-state index contributed by atoms with van der Waals surface area (Å²) in [6, 6.07) is 10.2. The molecule has 0 atom stereocenters. The lowest BCUT2D eigenvalue weighted by Gasteiger charge is -2.23. The van der Waals surface area contributed by atoms with Crippen LogP contribution in [0.15, 0.2) is 30.3 Å². The van der Waals surface area contributed by atoms with Crippen LogP contribution < -0.4 is 11.1 Å². The molecule has 0 aromatic heterocycles. The molecule has 110 valence electrons. The van der Waals surface area contributed by atoms with E-state index in [1.165, 1.54) is 5.56 Å². The second-order valence-corrected chi connectivity index (χ2v) is 6.03. The topological polar surface area (TPSA) is 78.5 Å². The predicted octanol–water partition coefficient (Wildman–Crippen LogP) is 1.26. The van der Waals surface area contributed by atoms with Crippen molar-refractivity contribution >= 4 is 0 Å². The van der Waals surface area contributed by atoms with Gasteiger partial charge < -0.3 is 21.3 Å². The molecule has 0 spiro atoms. The number of benzene rings is 1. The Hall–Kier alpha value is -0.940. The van der Waals surface area contributed by atoms with E-state index in [0.717, 1.165) is 6.54 Å². The number of nitrogens with two attached hydrogens (primary N) is 1. The van der Waals surface area contributed by atoms with Gasteiger partial charge in [-0.1, -0.05) is 30.3 Å². The molecule has 0 aliphatic heterocycles. The maximum atomic E-state index is 9.01. The van der Waals surface area contributed by atoms with Crippen molar-refractivity contribution in [1.82, 2.24) is 5.32 Å². The zero-order chi connectivity index (χ0) is 14.9. The van der Waals surface area contributed by atoms with Crippen LogP contribution in [0.4, 0.5) is 0 Å². The fourth-order valence-electron chi connectivity index (χ4n) is 0.993.